The van der Waals surface area contributed by atoms with E-state index in [2.05, 4.69) is 44.8 Å². The van der Waals surface area contributed by atoms with Crippen molar-refractivity contribution in [2.75, 3.05) is 6.61 Å². The number of hydrogen-bond acceptors (Lipinski definition) is 1. The highest BCUT2D eigenvalue weighted by molar-refractivity contribution is 9.10. The van der Waals surface area contributed by atoms with Gasteiger partial charge in [0.2, 0.25) is 0 Å². The minimum absolute atomic E-state index is 0.779. The van der Waals surface area contributed by atoms with Gasteiger partial charge in [-0.25, -0.2) is 0 Å². The summed E-state index contributed by atoms with van der Waals surface area (Å²) in [5.41, 5.74) is 1.18. The van der Waals surface area contributed by atoms with E-state index in [-0.39, 0.29) is 0 Å². The Labute approximate surface area is 95.7 Å². The second-order valence-electron chi connectivity index (χ2n) is 2.73. The highest BCUT2D eigenvalue weighted by atomic mass is 79.9. The molecule has 72 valence electrons. The second-order valence-corrected chi connectivity index (χ2v) is 4.21. The number of rotatable bonds is 4. The van der Waals surface area contributed by atoms with Crippen LogP contribution in [0.25, 0.3) is 0 Å². The van der Waals surface area contributed by atoms with Crippen molar-refractivity contribution < 1.29 is 4.74 Å². The average molecular weight is 308 g/mol. The van der Waals surface area contributed by atoms with Crippen LogP contribution in [-0.4, -0.2) is 6.61 Å². The van der Waals surface area contributed by atoms with Crippen molar-refractivity contribution >= 4 is 31.9 Å². The van der Waals surface area contributed by atoms with Gasteiger partial charge in [0.1, 0.15) is 5.75 Å². The first-order chi connectivity index (χ1) is 6.27. The van der Waals surface area contributed by atoms with Gasteiger partial charge >= 0.3 is 0 Å². The molecule has 1 aromatic carbocycles. The van der Waals surface area contributed by atoms with E-state index in [9.17, 15) is 0 Å². The Morgan fingerprint density at radius 1 is 1.38 bits per heavy atom. The van der Waals surface area contributed by atoms with Crippen LogP contribution in [0.15, 0.2) is 22.7 Å². The van der Waals surface area contributed by atoms with Gasteiger partial charge < -0.3 is 4.74 Å². The topological polar surface area (TPSA) is 9.23 Å². The van der Waals surface area contributed by atoms with E-state index in [1.807, 2.05) is 12.1 Å². The van der Waals surface area contributed by atoms with Crippen molar-refractivity contribution in [2.24, 2.45) is 0 Å². The Kier molecular flexibility index (Phi) is 4.81. The Bertz CT molecular complexity index is 274. The molecule has 0 aliphatic rings. The summed E-state index contributed by atoms with van der Waals surface area (Å²) in [6.45, 7) is 2.88. The van der Waals surface area contributed by atoms with Crippen LogP contribution in [0.1, 0.15) is 18.9 Å². The molecule has 13 heavy (non-hydrogen) atoms. The summed E-state index contributed by atoms with van der Waals surface area (Å²) in [5.74, 6) is 0.974. The quantitative estimate of drug-likeness (QED) is 0.760. The third-order valence-corrected chi connectivity index (χ3v) is 2.73. The van der Waals surface area contributed by atoms with E-state index in [1.165, 1.54) is 5.56 Å². The van der Waals surface area contributed by atoms with E-state index in [4.69, 9.17) is 4.74 Å². The Balaban J connectivity index is 2.79. The average Bonchev–Trinajstić information content (AvgIpc) is 2.16. The van der Waals surface area contributed by atoms with Gasteiger partial charge in [0, 0.05) is 15.4 Å². The molecule has 1 rings (SSSR count). The normalized spacial score (nSPS) is 10.1. The van der Waals surface area contributed by atoms with Gasteiger partial charge in [-0.05, 0) is 24.6 Å². The van der Waals surface area contributed by atoms with Crippen molar-refractivity contribution in [3.63, 3.8) is 0 Å². The molecule has 1 aromatic rings. The molecule has 0 fully saturated rings. The van der Waals surface area contributed by atoms with Crippen LogP contribution < -0.4 is 4.74 Å². The smallest absolute Gasteiger partial charge is 0.123 e. The molecule has 0 aromatic heterocycles. The molecular weight excluding hydrogens is 296 g/mol. The summed E-state index contributed by atoms with van der Waals surface area (Å²) in [6.07, 6.45) is 1.04. The van der Waals surface area contributed by atoms with Crippen molar-refractivity contribution in [3.8, 4) is 5.75 Å². The molecule has 0 spiro atoms. The summed E-state index contributed by atoms with van der Waals surface area (Å²) in [5, 5.41) is 0.825. The highest BCUT2D eigenvalue weighted by Gasteiger charge is 2.02. The molecule has 0 aliphatic heterocycles. The number of ether oxygens (including phenoxy) is 1. The molecule has 0 N–H and O–H groups in total. The third-order valence-electron chi connectivity index (χ3n) is 1.63. The summed E-state index contributed by atoms with van der Waals surface area (Å²) >= 11 is 6.86. The molecular formula is C10H12Br2O. The third kappa shape index (κ3) is 3.31. The maximum absolute atomic E-state index is 5.58. The fourth-order valence-electron chi connectivity index (χ4n) is 1.01. The summed E-state index contributed by atoms with van der Waals surface area (Å²) < 4.78 is 6.67. The number of halogens is 2. The Hall–Kier alpha value is -0.0200. The standard InChI is InChI=1S/C10H12Br2O/c1-2-5-13-10-4-3-9(12)6-8(10)7-11/h3-4,6H,2,5,7H2,1H3. The fraction of sp³-hybridized carbons (Fsp3) is 0.400. The van der Waals surface area contributed by atoms with Crippen molar-refractivity contribution in [1.82, 2.24) is 0 Å². The van der Waals surface area contributed by atoms with E-state index in [1.54, 1.807) is 0 Å². The Morgan fingerprint density at radius 2 is 2.15 bits per heavy atom. The molecule has 0 unspecified atom stereocenters. The van der Waals surface area contributed by atoms with E-state index in [0.717, 1.165) is 28.6 Å². The highest BCUT2D eigenvalue weighted by Crippen LogP contribution is 2.25. The van der Waals surface area contributed by atoms with Crippen molar-refractivity contribution in [2.45, 2.75) is 18.7 Å². The van der Waals surface area contributed by atoms with E-state index in [0.29, 0.717) is 0 Å². The molecule has 0 bridgehead atoms. The van der Waals surface area contributed by atoms with Crippen molar-refractivity contribution in [1.29, 1.82) is 0 Å². The van der Waals surface area contributed by atoms with Crippen LogP contribution >= 0.6 is 31.9 Å². The van der Waals surface area contributed by atoms with Gasteiger partial charge in [-0.3, -0.25) is 0 Å². The zero-order chi connectivity index (χ0) is 9.68. The number of benzene rings is 1. The number of alkyl halides is 1. The molecule has 1 nitrogen and oxygen atoms in total. The first-order valence-corrected chi connectivity index (χ1v) is 6.16. The van der Waals surface area contributed by atoms with Crippen LogP contribution in [0.3, 0.4) is 0 Å². The molecule has 3 heteroatoms. The summed E-state index contributed by atoms with van der Waals surface area (Å²) in [4.78, 5) is 0. The fourth-order valence-corrected chi connectivity index (χ4v) is 1.85. The van der Waals surface area contributed by atoms with Gasteiger partial charge in [-0.1, -0.05) is 38.8 Å². The monoisotopic (exact) mass is 306 g/mol. The van der Waals surface area contributed by atoms with Crippen LogP contribution in [0.4, 0.5) is 0 Å². The van der Waals surface area contributed by atoms with Crippen LogP contribution in [0, 0.1) is 0 Å². The minimum Gasteiger partial charge on any atom is -0.493 e. The summed E-state index contributed by atoms with van der Waals surface area (Å²) in [6, 6.07) is 6.06. The molecule has 0 heterocycles. The molecule has 0 aliphatic carbocycles. The van der Waals surface area contributed by atoms with Crippen LogP contribution in [0.2, 0.25) is 0 Å². The Morgan fingerprint density at radius 3 is 2.77 bits per heavy atom. The molecule has 0 radical (unpaired) electrons. The first kappa shape index (κ1) is 11.1. The first-order valence-electron chi connectivity index (χ1n) is 4.25. The maximum atomic E-state index is 5.58. The SMILES string of the molecule is CCCOc1ccc(Br)cc1CBr. The van der Waals surface area contributed by atoms with E-state index >= 15 is 0 Å². The molecule has 0 amide bonds. The van der Waals surface area contributed by atoms with Crippen LogP contribution in [-0.2, 0) is 5.33 Å². The zero-order valence-corrected chi connectivity index (χ0v) is 10.7. The van der Waals surface area contributed by atoms with Gasteiger partial charge in [-0.2, -0.15) is 0 Å². The lowest BCUT2D eigenvalue weighted by Gasteiger charge is -2.08. The van der Waals surface area contributed by atoms with Gasteiger partial charge in [0.25, 0.3) is 0 Å². The molecule has 0 saturated carbocycles. The summed E-state index contributed by atoms with van der Waals surface area (Å²) in [7, 11) is 0. The molecule has 0 saturated heterocycles. The molecule has 0 atom stereocenters. The van der Waals surface area contributed by atoms with Gasteiger partial charge in [-0.15, -0.1) is 0 Å². The zero-order valence-electron chi connectivity index (χ0n) is 7.52. The predicted octanol–water partition coefficient (Wildman–Crippen LogP) is 4.13. The largest absolute Gasteiger partial charge is 0.493 e. The lowest BCUT2D eigenvalue weighted by molar-refractivity contribution is 0.315. The lowest BCUT2D eigenvalue weighted by atomic mass is 10.2. The van der Waals surface area contributed by atoms with Crippen LogP contribution in [0.5, 0.6) is 5.75 Å². The van der Waals surface area contributed by atoms with E-state index < -0.39 is 0 Å². The second kappa shape index (κ2) is 5.66. The lowest BCUT2D eigenvalue weighted by Crippen LogP contribution is -1.97. The minimum atomic E-state index is 0.779. The number of hydrogen-bond donors (Lipinski definition) is 0. The van der Waals surface area contributed by atoms with Gasteiger partial charge in [0.05, 0.1) is 6.61 Å². The van der Waals surface area contributed by atoms with Crippen molar-refractivity contribution in [3.05, 3.63) is 28.2 Å². The predicted molar refractivity (Wildman–Crippen MR) is 62.6 cm³/mol. The maximum Gasteiger partial charge on any atom is 0.123 e. The van der Waals surface area contributed by atoms with Gasteiger partial charge in [0.15, 0.2) is 0 Å².